The summed E-state index contributed by atoms with van der Waals surface area (Å²) in [6.45, 7) is 3.84. The van der Waals surface area contributed by atoms with E-state index in [0.717, 1.165) is 10.8 Å². The number of rotatable bonds is 2. The lowest BCUT2D eigenvalue weighted by Crippen LogP contribution is -2.53. The predicted octanol–water partition coefficient (Wildman–Crippen LogP) is 3.19. The van der Waals surface area contributed by atoms with Crippen LogP contribution < -0.4 is 0 Å². The largest absolute Gasteiger partial charge is 0.506 e. The van der Waals surface area contributed by atoms with Gasteiger partial charge in [0, 0.05) is 11.9 Å². The van der Waals surface area contributed by atoms with Crippen molar-refractivity contribution >= 4 is 16.7 Å². The Morgan fingerprint density at radius 1 is 1.26 bits per heavy atom. The van der Waals surface area contributed by atoms with Crippen molar-refractivity contribution in [3.05, 3.63) is 42.0 Å². The lowest BCUT2D eigenvalue weighted by molar-refractivity contribution is -0.101. The maximum atomic E-state index is 12.9. The minimum Gasteiger partial charge on any atom is -0.506 e. The molecule has 1 aliphatic heterocycles. The molecular weight excluding hydrogens is 290 g/mol. The molecule has 1 aliphatic carbocycles. The van der Waals surface area contributed by atoms with Crippen molar-refractivity contribution in [3.63, 3.8) is 0 Å². The van der Waals surface area contributed by atoms with Crippen LogP contribution >= 0.6 is 0 Å². The van der Waals surface area contributed by atoms with Crippen molar-refractivity contribution < 1.29 is 14.6 Å². The highest BCUT2D eigenvalue weighted by Crippen LogP contribution is 2.43. The molecule has 1 saturated heterocycles. The van der Waals surface area contributed by atoms with Gasteiger partial charge in [0.1, 0.15) is 5.75 Å². The molecule has 4 nitrogen and oxygen atoms in total. The fraction of sp³-hybridized carbons (Fsp3) is 0.421. The summed E-state index contributed by atoms with van der Waals surface area (Å²) in [5.74, 6) is 0.527. The summed E-state index contributed by atoms with van der Waals surface area (Å²) in [6, 6.07) is 11.2. The highest BCUT2D eigenvalue weighted by atomic mass is 16.5. The summed E-state index contributed by atoms with van der Waals surface area (Å²) < 4.78 is 5.95. The normalized spacial score (nSPS) is 24.8. The molecule has 2 aromatic rings. The summed E-state index contributed by atoms with van der Waals surface area (Å²) >= 11 is 0. The lowest BCUT2D eigenvalue weighted by atomic mass is 9.97. The second-order valence-electron chi connectivity index (χ2n) is 6.84. The number of amides is 1. The van der Waals surface area contributed by atoms with Gasteiger partial charge in [0.2, 0.25) is 0 Å². The molecule has 0 aromatic heterocycles. The van der Waals surface area contributed by atoms with Crippen LogP contribution in [0.1, 0.15) is 30.1 Å². The van der Waals surface area contributed by atoms with Crippen LogP contribution in [0.5, 0.6) is 5.75 Å². The second kappa shape index (κ2) is 5.24. The molecule has 1 amide bonds. The highest BCUT2D eigenvalue weighted by Gasteiger charge is 2.46. The van der Waals surface area contributed by atoms with Crippen molar-refractivity contribution in [1.82, 2.24) is 4.90 Å². The molecule has 0 radical (unpaired) electrons. The highest BCUT2D eigenvalue weighted by molar-refractivity contribution is 6.03. The Morgan fingerprint density at radius 2 is 2.04 bits per heavy atom. The van der Waals surface area contributed by atoms with Crippen molar-refractivity contribution in [2.24, 2.45) is 5.92 Å². The third-order valence-electron chi connectivity index (χ3n) is 5.16. The zero-order chi connectivity index (χ0) is 16.0. The zero-order valence-electron chi connectivity index (χ0n) is 13.3. The van der Waals surface area contributed by atoms with Crippen LogP contribution in [0.15, 0.2) is 36.4 Å². The summed E-state index contributed by atoms with van der Waals surface area (Å²) in [7, 11) is 0. The number of carbonyl (C=O) groups excluding carboxylic acids is 1. The Morgan fingerprint density at radius 3 is 2.83 bits per heavy atom. The van der Waals surface area contributed by atoms with Gasteiger partial charge in [-0.25, -0.2) is 0 Å². The van der Waals surface area contributed by atoms with E-state index >= 15 is 0 Å². The number of ether oxygens (including phenoxy) is 1. The van der Waals surface area contributed by atoms with E-state index in [0.29, 0.717) is 31.2 Å². The van der Waals surface area contributed by atoms with Gasteiger partial charge in [0.15, 0.2) is 0 Å². The third kappa shape index (κ3) is 2.47. The molecule has 4 heteroatoms. The van der Waals surface area contributed by atoms with E-state index in [1.807, 2.05) is 35.2 Å². The molecule has 0 bridgehead atoms. The summed E-state index contributed by atoms with van der Waals surface area (Å²) in [4.78, 5) is 14.7. The van der Waals surface area contributed by atoms with Crippen LogP contribution in [0, 0.1) is 5.92 Å². The lowest BCUT2D eigenvalue weighted by Gasteiger charge is -2.41. The van der Waals surface area contributed by atoms with Crippen LogP contribution in [-0.4, -0.2) is 41.2 Å². The van der Waals surface area contributed by atoms with E-state index in [-0.39, 0.29) is 17.3 Å². The number of fused-ring (bicyclic) bond motifs is 1. The quantitative estimate of drug-likeness (QED) is 0.926. The van der Waals surface area contributed by atoms with Crippen molar-refractivity contribution in [2.45, 2.75) is 25.4 Å². The number of morpholine rings is 1. The molecular formula is C19H21NO3. The van der Waals surface area contributed by atoms with Gasteiger partial charge >= 0.3 is 0 Å². The number of benzene rings is 2. The molecule has 2 fully saturated rings. The van der Waals surface area contributed by atoms with Gasteiger partial charge < -0.3 is 14.7 Å². The Hall–Kier alpha value is -2.07. The second-order valence-corrected chi connectivity index (χ2v) is 6.84. The van der Waals surface area contributed by atoms with Gasteiger partial charge in [-0.05, 0) is 37.1 Å². The van der Waals surface area contributed by atoms with Crippen molar-refractivity contribution in [1.29, 1.82) is 0 Å². The smallest absolute Gasteiger partial charge is 0.257 e. The molecule has 4 rings (SSSR count). The van der Waals surface area contributed by atoms with E-state index in [1.54, 1.807) is 6.07 Å². The summed E-state index contributed by atoms with van der Waals surface area (Å²) in [5.41, 5.74) is 0.143. The zero-order valence-corrected chi connectivity index (χ0v) is 13.3. The van der Waals surface area contributed by atoms with Gasteiger partial charge in [-0.2, -0.15) is 0 Å². The molecule has 1 N–H and O–H groups in total. The van der Waals surface area contributed by atoms with Crippen LogP contribution in [-0.2, 0) is 4.74 Å². The Bertz CT molecular complexity index is 768. The fourth-order valence-corrected chi connectivity index (χ4v) is 3.60. The number of hydrogen-bond acceptors (Lipinski definition) is 3. The van der Waals surface area contributed by atoms with Crippen molar-refractivity contribution in [2.75, 3.05) is 19.7 Å². The van der Waals surface area contributed by atoms with E-state index in [4.69, 9.17) is 4.74 Å². The van der Waals surface area contributed by atoms with Gasteiger partial charge in [-0.3, -0.25) is 4.79 Å². The van der Waals surface area contributed by atoms with E-state index < -0.39 is 0 Å². The first-order chi connectivity index (χ1) is 11.1. The van der Waals surface area contributed by atoms with E-state index in [2.05, 4.69) is 6.92 Å². The monoisotopic (exact) mass is 311 g/mol. The average molecular weight is 311 g/mol. The van der Waals surface area contributed by atoms with E-state index in [1.165, 1.54) is 12.8 Å². The van der Waals surface area contributed by atoms with Crippen LogP contribution in [0.3, 0.4) is 0 Å². The first kappa shape index (κ1) is 14.5. The number of hydrogen-bond donors (Lipinski definition) is 1. The Kier molecular flexibility index (Phi) is 3.31. The number of aromatic hydroxyl groups is 1. The molecule has 2 aromatic carbocycles. The van der Waals surface area contributed by atoms with Gasteiger partial charge in [-0.15, -0.1) is 0 Å². The first-order valence-electron chi connectivity index (χ1n) is 8.22. The summed E-state index contributed by atoms with van der Waals surface area (Å²) in [5, 5.41) is 12.2. The molecule has 1 saturated carbocycles. The summed E-state index contributed by atoms with van der Waals surface area (Å²) in [6.07, 6.45) is 2.36. The molecule has 1 unspecified atom stereocenters. The molecule has 1 heterocycles. The standard InChI is InChI=1S/C19H21NO3/c1-19(14-7-8-14)12-20(10-11-23-19)18(22)16-9-6-13-4-2-3-5-15(13)17(16)21/h2-6,9,14,21H,7-8,10-12H2,1H3. The molecule has 23 heavy (non-hydrogen) atoms. The predicted molar refractivity (Wildman–Crippen MR) is 88.6 cm³/mol. The minimum atomic E-state index is -0.236. The number of phenols is 1. The van der Waals surface area contributed by atoms with Gasteiger partial charge in [0.05, 0.1) is 24.3 Å². The Labute approximate surface area is 135 Å². The average Bonchev–Trinajstić information content (AvgIpc) is 3.40. The topological polar surface area (TPSA) is 49.8 Å². The van der Waals surface area contributed by atoms with Crippen LogP contribution in [0.2, 0.25) is 0 Å². The van der Waals surface area contributed by atoms with Gasteiger partial charge in [0.25, 0.3) is 5.91 Å². The molecule has 2 aliphatic rings. The minimum absolute atomic E-state index is 0.0766. The Balaban J connectivity index is 1.65. The molecule has 1 atom stereocenters. The number of nitrogens with zero attached hydrogens (tertiary/aromatic N) is 1. The third-order valence-corrected chi connectivity index (χ3v) is 5.16. The maximum Gasteiger partial charge on any atom is 0.257 e. The molecule has 0 spiro atoms. The van der Waals surface area contributed by atoms with Crippen LogP contribution in [0.4, 0.5) is 0 Å². The first-order valence-corrected chi connectivity index (χ1v) is 8.22. The van der Waals surface area contributed by atoms with E-state index in [9.17, 15) is 9.90 Å². The number of phenolic OH excluding ortho intramolecular Hbond substituents is 1. The molecule has 120 valence electrons. The van der Waals surface area contributed by atoms with Gasteiger partial charge in [-0.1, -0.05) is 30.3 Å². The van der Waals surface area contributed by atoms with Crippen LogP contribution in [0.25, 0.3) is 10.8 Å². The fourth-order valence-electron chi connectivity index (χ4n) is 3.60. The number of carbonyl (C=O) groups is 1. The van der Waals surface area contributed by atoms with Crippen molar-refractivity contribution in [3.8, 4) is 5.75 Å². The SMILES string of the molecule is CC1(C2CC2)CN(C(=O)c2ccc3ccccc3c2O)CCO1. The maximum absolute atomic E-state index is 12.9.